The van der Waals surface area contributed by atoms with Gasteiger partial charge < -0.3 is 9.47 Å². The highest BCUT2D eigenvalue weighted by Crippen LogP contribution is 2.31. The fourth-order valence-corrected chi connectivity index (χ4v) is 2.37. The standard InChI is InChI=1S/C17H13ClN2O4/c1-23-14-8-12-4-7-16(19-17(12)15(9-14)20(21)22)24-10-11-2-5-13(18)6-3-11/h2-9H,10H2,1H3. The van der Waals surface area contributed by atoms with E-state index >= 15 is 0 Å². The second-order valence-electron chi connectivity index (χ2n) is 5.04. The van der Waals surface area contributed by atoms with Gasteiger partial charge in [0.15, 0.2) is 5.52 Å². The van der Waals surface area contributed by atoms with E-state index in [2.05, 4.69) is 4.98 Å². The molecular weight excluding hydrogens is 332 g/mol. The lowest BCUT2D eigenvalue weighted by Gasteiger charge is -2.08. The van der Waals surface area contributed by atoms with Crippen molar-refractivity contribution in [3.63, 3.8) is 0 Å². The summed E-state index contributed by atoms with van der Waals surface area (Å²) in [6.45, 7) is 0.291. The van der Waals surface area contributed by atoms with Crippen LogP contribution in [0, 0.1) is 10.1 Å². The highest BCUT2D eigenvalue weighted by Gasteiger charge is 2.16. The van der Waals surface area contributed by atoms with Crippen molar-refractivity contribution < 1.29 is 14.4 Å². The zero-order valence-corrected chi connectivity index (χ0v) is 13.5. The number of hydrogen-bond acceptors (Lipinski definition) is 5. The third kappa shape index (κ3) is 3.38. The molecule has 6 nitrogen and oxygen atoms in total. The normalized spacial score (nSPS) is 10.6. The minimum atomic E-state index is -0.485. The predicted molar refractivity (Wildman–Crippen MR) is 90.7 cm³/mol. The molecule has 0 aliphatic heterocycles. The van der Waals surface area contributed by atoms with Crippen LogP contribution in [0.2, 0.25) is 5.02 Å². The monoisotopic (exact) mass is 344 g/mol. The highest BCUT2D eigenvalue weighted by atomic mass is 35.5. The SMILES string of the molecule is COc1cc([N+](=O)[O-])c2nc(OCc3ccc(Cl)cc3)ccc2c1. The van der Waals surface area contributed by atoms with Gasteiger partial charge in [0.1, 0.15) is 12.4 Å². The van der Waals surface area contributed by atoms with Crippen LogP contribution in [-0.2, 0) is 6.61 Å². The maximum Gasteiger partial charge on any atom is 0.299 e. The lowest BCUT2D eigenvalue weighted by molar-refractivity contribution is -0.383. The first kappa shape index (κ1) is 16.0. The smallest absolute Gasteiger partial charge is 0.299 e. The van der Waals surface area contributed by atoms with E-state index in [4.69, 9.17) is 21.1 Å². The molecule has 0 aliphatic carbocycles. The van der Waals surface area contributed by atoms with E-state index in [0.717, 1.165) is 5.56 Å². The first-order chi connectivity index (χ1) is 11.6. The quantitative estimate of drug-likeness (QED) is 0.507. The number of nitro benzene ring substituents is 1. The van der Waals surface area contributed by atoms with Gasteiger partial charge in [0.2, 0.25) is 5.88 Å². The predicted octanol–water partition coefficient (Wildman–Crippen LogP) is 4.38. The van der Waals surface area contributed by atoms with Crippen molar-refractivity contribution in [2.24, 2.45) is 0 Å². The first-order valence-corrected chi connectivity index (χ1v) is 7.45. The van der Waals surface area contributed by atoms with Gasteiger partial charge in [-0.25, -0.2) is 4.98 Å². The van der Waals surface area contributed by atoms with E-state index < -0.39 is 4.92 Å². The van der Waals surface area contributed by atoms with Gasteiger partial charge in [-0.1, -0.05) is 23.7 Å². The number of nitrogens with zero attached hydrogens (tertiary/aromatic N) is 2. The van der Waals surface area contributed by atoms with E-state index in [-0.39, 0.29) is 11.2 Å². The summed E-state index contributed by atoms with van der Waals surface area (Å²) in [6.07, 6.45) is 0. The number of ether oxygens (including phenoxy) is 2. The van der Waals surface area contributed by atoms with Gasteiger partial charge in [0.25, 0.3) is 5.69 Å². The maximum absolute atomic E-state index is 11.3. The lowest BCUT2D eigenvalue weighted by atomic mass is 10.2. The molecule has 122 valence electrons. The van der Waals surface area contributed by atoms with Crippen molar-refractivity contribution >= 4 is 28.2 Å². The molecule has 0 N–H and O–H groups in total. The number of halogens is 1. The zero-order chi connectivity index (χ0) is 17.1. The number of pyridine rings is 1. The van der Waals surface area contributed by atoms with Crippen LogP contribution in [0.1, 0.15) is 5.56 Å². The number of aromatic nitrogens is 1. The Morgan fingerprint density at radius 2 is 1.92 bits per heavy atom. The van der Waals surface area contributed by atoms with Crippen LogP contribution < -0.4 is 9.47 Å². The Morgan fingerprint density at radius 1 is 1.17 bits per heavy atom. The molecule has 1 aromatic heterocycles. The van der Waals surface area contributed by atoms with Gasteiger partial charge >= 0.3 is 0 Å². The number of rotatable bonds is 5. The van der Waals surface area contributed by atoms with Crippen LogP contribution in [0.3, 0.4) is 0 Å². The third-order valence-corrected chi connectivity index (χ3v) is 3.70. The second-order valence-corrected chi connectivity index (χ2v) is 5.48. The van der Waals surface area contributed by atoms with Crippen LogP contribution in [0.15, 0.2) is 48.5 Å². The van der Waals surface area contributed by atoms with Crippen LogP contribution >= 0.6 is 11.6 Å². The van der Waals surface area contributed by atoms with E-state index in [1.807, 2.05) is 12.1 Å². The second kappa shape index (κ2) is 6.72. The molecule has 1 heterocycles. The summed E-state index contributed by atoms with van der Waals surface area (Å²) < 4.78 is 10.7. The van der Waals surface area contributed by atoms with Crippen LogP contribution in [0.4, 0.5) is 5.69 Å². The summed E-state index contributed by atoms with van der Waals surface area (Å²) in [4.78, 5) is 15.0. The van der Waals surface area contributed by atoms with Gasteiger partial charge in [-0.15, -0.1) is 0 Å². The molecule has 0 bridgehead atoms. The summed E-state index contributed by atoms with van der Waals surface area (Å²) in [5, 5.41) is 12.5. The van der Waals surface area contributed by atoms with Crippen molar-refractivity contribution in [2.45, 2.75) is 6.61 Å². The number of methoxy groups -OCH3 is 1. The Labute approximate surface area is 142 Å². The Kier molecular flexibility index (Phi) is 4.48. The average molecular weight is 345 g/mol. The molecule has 0 aliphatic rings. The molecule has 0 spiro atoms. The molecule has 0 unspecified atom stereocenters. The van der Waals surface area contributed by atoms with Crippen LogP contribution in [0.25, 0.3) is 10.9 Å². The highest BCUT2D eigenvalue weighted by molar-refractivity contribution is 6.30. The Hall–Kier alpha value is -2.86. The van der Waals surface area contributed by atoms with E-state index in [1.165, 1.54) is 13.2 Å². The average Bonchev–Trinajstić information content (AvgIpc) is 2.60. The molecule has 0 amide bonds. The molecule has 24 heavy (non-hydrogen) atoms. The van der Waals surface area contributed by atoms with Crippen molar-refractivity contribution in [3.8, 4) is 11.6 Å². The molecular formula is C17H13ClN2O4. The molecule has 2 aromatic carbocycles. The molecule has 0 saturated carbocycles. The van der Waals surface area contributed by atoms with Gasteiger partial charge in [-0.3, -0.25) is 10.1 Å². The Balaban J connectivity index is 1.91. The summed E-state index contributed by atoms with van der Waals surface area (Å²) in [7, 11) is 1.46. The molecule has 3 rings (SSSR count). The van der Waals surface area contributed by atoms with E-state index in [1.54, 1.807) is 30.3 Å². The molecule has 0 saturated heterocycles. The Morgan fingerprint density at radius 3 is 2.58 bits per heavy atom. The van der Waals surface area contributed by atoms with E-state index in [0.29, 0.717) is 28.6 Å². The summed E-state index contributed by atoms with van der Waals surface area (Å²) in [5.41, 5.74) is 1.06. The molecule has 0 radical (unpaired) electrons. The van der Waals surface area contributed by atoms with Crippen molar-refractivity contribution in [3.05, 3.63) is 69.2 Å². The minimum Gasteiger partial charge on any atom is -0.496 e. The molecule has 0 fully saturated rings. The number of hydrogen-bond donors (Lipinski definition) is 0. The summed E-state index contributed by atoms with van der Waals surface area (Å²) >= 11 is 5.84. The maximum atomic E-state index is 11.3. The van der Waals surface area contributed by atoms with Crippen molar-refractivity contribution in [1.29, 1.82) is 0 Å². The van der Waals surface area contributed by atoms with E-state index in [9.17, 15) is 10.1 Å². The van der Waals surface area contributed by atoms with Gasteiger partial charge in [0.05, 0.1) is 18.1 Å². The van der Waals surface area contributed by atoms with Crippen molar-refractivity contribution in [2.75, 3.05) is 7.11 Å². The van der Waals surface area contributed by atoms with Crippen molar-refractivity contribution in [1.82, 2.24) is 4.98 Å². The largest absolute Gasteiger partial charge is 0.496 e. The summed E-state index contributed by atoms with van der Waals surface area (Å²) in [5.74, 6) is 0.719. The number of benzene rings is 2. The molecule has 0 atom stereocenters. The fraction of sp³-hybridized carbons (Fsp3) is 0.118. The van der Waals surface area contributed by atoms with Crippen LogP contribution in [-0.4, -0.2) is 17.0 Å². The zero-order valence-electron chi connectivity index (χ0n) is 12.7. The molecule has 7 heteroatoms. The van der Waals surface area contributed by atoms with Crippen LogP contribution in [0.5, 0.6) is 11.6 Å². The summed E-state index contributed by atoms with van der Waals surface area (Å²) in [6, 6.07) is 13.6. The number of non-ortho nitro benzene ring substituents is 1. The topological polar surface area (TPSA) is 74.5 Å². The Bertz CT molecular complexity index is 897. The van der Waals surface area contributed by atoms with Gasteiger partial charge in [-0.2, -0.15) is 0 Å². The minimum absolute atomic E-state index is 0.124. The third-order valence-electron chi connectivity index (χ3n) is 3.45. The van der Waals surface area contributed by atoms with Gasteiger partial charge in [0, 0.05) is 16.5 Å². The molecule has 3 aromatic rings. The van der Waals surface area contributed by atoms with Gasteiger partial charge in [-0.05, 0) is 29.8 Å². The lowest BCUT2D eigenvalue weighted by Crippen LogP contribution is -1.99. The number of nitro groups is 1. The fourth-order valence-electron chi connectivity index (χ4n) is 2.25. The first-order valence-electron chi connectivity index (χ1n) is 7.07. The number of fused-ring (bicyclic) bond motifs is 1.